The van der Waals surface area contributed by atoms with E-state index in [1.54, 1.807) is 25.1 Å². The van der Waals surface area contributed by atoms with Crippen molar-refractivity contribution in [3.05, 3.63) is 59.9 Å². The number of aromatic nitrogens is 1. The van der Waals surface area contributed by atoms with Crippen LogP contribution in [0.4, 0.5) is 10.2 Å². The van der Waals surface area contributed by atoms with Gasteiger partial charge in [0.1, 0.15) is 22.9 Å². The summed E-state index contributed by atoms with van der Waals surface area (Å²) in [7, 11) is -3.97. The molecule has 0 bridgehead atoms. The first-order valence-corrected chi connectivity index (χ1v) is 8.23. The van der Waals surface area contributed by atoms with Crippen LogP contribution in [0.15, 0.2) is 53.4 Å². The topological polar surface area (TPSA) is 79.3 Å². The van der Waals surface area contributed by atoms with Crippen LogP contribution in [-0.4, -0.2) is 18.5 Å². The van der Waals surface area contributed by atoms with Gasteiger partial charge in [-0.3, -0.25) is 4.72 Å². The third-order valence-corrected chi connectivity index (χ3v) is 4.74. The lowest BCUT2D eigenvalue weighted by Gasteiger charge is -2.09. The van der Waals surface area contributed by atoms with Gasteiger partial charge in [0.15, 0.2) is 0 Å². The largest absolute Gasteiger partial charge is 0.506 e. The molecule has 3 rings (SSSR count). The SMILES string of the molecule is Cc1ccc(S(=O)(=O)Nc2ccc3cccc(O)c3n2)cc1F. The highest BCUT2D eigenvalue weighted by atomic mass is 32.2. The zero-order valence-electron chi connectivity index (χ0n) is 12.1. The minimum atomic E-state index is -3.97. The van der Waals surface area contributed by atoms with Crippen LogP contribution in [0.1, 0.15) is 5.56 Å². The molecule has 0 spiro atoms. The highest BCUT2D eigenvalue weighted by Gasteiger charge is 2.17. The Bertz CT molecular complexity index is 1000. The zero-order chi connectivity index (χ0) is 16.6. The lowest BCUT2D eigenvalue weighted by molar-refractivity contribution is 0.480. The summed E-state index contributed by atoms with van der Waals surface area (Å²) in [6.07, 6.45) is 0. The molecular weight excluding hydrogens is 319 g/mol. The van der Waals surface area contributed by atoms with Crippen molar-refractivity contribution in [3.8, 4) is 5.75 Å². The number of aryl methyl sites for hydroxylation is 1. The second-order valence-electron chi connectivity index (χ2n) is 5.06. The Morgan fingerprint density at radius 3 is 2.65 bits per heavy atom. The van der Waals surface area contributed by atoms with Crippen LogP contribution in [0.5, 0.6) is 5.75 Å². The minimum Gasteiger partial charge on any atom is -0.506 e. The van der Waals surface area contributed by atoms with Gasteiger partial charge in [-0.15, -0.1) is 0 Å². The molecule has 0 radical (unpaired) electrons. The monoisotopic (exact) mass is 332 g/mol. The number of rotatable bonds is 3. The maximum absolute atomic E-state index is 13.6. The third-order valence-electron chi connectivity index (χ3n) is 3.39. The maximum atomic E-state index is 13.6. The molecule has 23 heavy (non-hydrogen) atoms. The van der Waals surface area contributed by atoms with Crippen molar-refractivity contribution >= 4 is 26.7 Å². The second-order valence-corrected chi connectivity index (χ2v) is 6.74. The fourth-order valence-electron chi connectivity index (χ4n) is 2.13. The number of aromatic hydroxyl groups is 1. The maximum Gasteiger partial charge on any atom is 0.263 e. The van der Waals surface area contributed by atoms with E-state index in [0.29, 0.717) is 10.9 Å². The molecule has 0 saturated heterocycles. The number of para-hydroxylation sites is 1. The molecule has 0 atom stereocenters. The van der Waals surface area contributed by atoms with Gasteiger partial charge in [0.05, 0.1) is 4.90 Å². The van der Waals surface area contributed by atoms with Gasteiger partial charge in [0.2, 0.25) is 0 Å². The Hall–Kier alpha value is -2.67. The van der Waals surface area contributed by atoms with Crippen molar-refractivity contribution in [1.29, 1.82) is 0 Å². The molecule has 2 aromatic carbocycles. The van der Waals surface area contributed by atoms with Crippen molar-refractivity contribution in [2.45, 2.75) is 11.8 Å². The lowest BCUT2D eigenvalue weighted by atomic mass is 10.2. The van der Waals surface area contributed by atoms with E-state index in [2.05, 4.69) is 9.71 Å². The van der Waals surface area contributed by atoms with E-state index in [-0.39, 0.29) is 22.0 Å². The van der Waals surface area contributed by atoms with Crippen LogP contribution in [-0.2, 0) is 10.0 Å². The Labute approximate surface area is 132 Å². The number of benzene rings is 2. The van der Waals surface area contributed by atoms with E-state index in [0.717, 1.165) is 6.07 Å². The first-order valence-electron chi connectivity index (χ1n) is 6.74. The molecule has 2 N–H and O–H groups in total. The molecule has 3 aromatic rings. The molecule has 0 fully saturated rings. The first-order chi connectivity index (χ1) is 10.9. The number of anilines is 1. The van der Waals surface area contributed by atoms with E-state index in [1.807, 2.05) is 0 Å². The highest BCUT2D eigenvalue weighted by Crippen LogP contribution is 2.25. The second kappa shape index (κ2) is 5.51. The number of hydrogen-bond donors (Lipinski definition) is 2. The molecule has 0 aliphatic heterocycles. The summed E-state index contributed by atoms with van der Waals surface area (Å²) in [5.74, 6) is -0.609. The summed E-state index contributed by atoms with van der Waals surface area (Å²) in [4.78, 5) is 3.90. The number of sulfonamides is 1. The predicted octanol–water partition coefficient (Wildman–Crippen LogP) is 3.19. The summed E-state index contributed by atoms with van der Waals surface area (Å²) in [6.45, 7) is 1.55. The highest BCUT2D eigenvalue weighted by molar-refractivity contribution is 7.92. The Morgan fingerprint density at radius 2 is 1.91 bits per heavy atom. The van der Waals surface area contributed by atoms with E-state index in [9.17, 15) is 17.9 Å². The van der Waals surface area contributed by atoms with Crippen molar-refractivity contribution in [2.24, 2.45) is 0 Å². The van der Waals surface area contributed by atoms with Crippen molar-refractivity contribution in [3.63, 3.8) is 0 Å². The van der Waals surface area contributed by atoms with Crippen LogP contribution in [0.3, 0.4) is 0 Å². The van der Waals surface area contributed by atoms with Crippen LogP contribution in [0.25, 0.3) is 10.9 Å². The Kier molecular flexibility index (Phi) is 3.65. The molecule has 0 saturated carbocycles. The Balaban J connectivity index is 2.00. The van der Waals surface area contributed by atoms with Gasteiger partial charge in [-0.2, -0.15) is 0 Å². The van der Waals surface area contributed by atoms with Crippen molar-refractivity contribution in [2.75, 3.05) is 4.72 Å². The minimum absolute atomic E-state index is 0.0417. The molecule has 0 aliphatic carbocycles. The third kappa shape index (κ3) is 2.95. The van der Waals surface area contributed by atoms with Gasteiger partial charge in [-0.05, 0) is 42.8 Å². The Morgan fingerprint density at radius 1 is 1.13 bits per heavy atom. The number of phenols is 1. The van der Waals surface area contributed by atoms with Crippen molar-refractivity contribution < 1.29 is 17.9 Å². The van der Waals surface area contributed by atoms with Gasteiger partial charge < -0.3 is 5.11 Å². The van der Waals surface area contributed by atoms with Crippen LogP contribution >= 0.6 is 0 Å². The number of fused-ring (bicyclic) bond motifs is 1. The normalized spacial score (nSPS) is 11.6. The van der Waals surface area contributed by atoms with Crippen LogP contribution < -0.4 is 4.72 Å². The van der Waals surface area contributed by atoms with Crippen LogP contribution in [0, 0.1) is 12.7 Å². The molecule has 0 unspecified atom stereocenters. The van der Waals surface area contributed by atoms with Gasteiger partial charge in [-0.1, -0.05) is 18.2 Å². The van der Waals surface area contributed by atoms with Crippen molar-refractivity contribution in [1.82, 2.24) is 4.98 Å². The van der Waals surface area contributed by atoms with E-state index < -0.39 is 15.8 Å². The summed E-state index contributed by atoms with van der Waals surface area (Å²) in [5, 5.41) is 10.5. The van der Waals surface area contributed by atoms with Gasteiger partial charge >= 0.3 is 0 Å². The lowest BCUT2D eigenvalue weighted by Crippen LogP contribution is -2.14. The molecule has 0 amide bonds. The molecule has 1 heterocycles. The molecule has 0 aliphatic rings. The summed E-state index contributed by atoms with van der Waals surface area (Å²) < 4.78 is 40.5. The summed E-state index contributed by atoms with van der Waals surface area (Å²) >= 11 is 0. The van der Waals surface area contributed by atoms with E-state index in [1.165, 1.54) is 24.3 Å². The molecule has 5 nitrogen and oxygen atoms in total. The number of hydrogen-bond acceptors (Lipinski definition) is 4. The molecular formula is C16H13FN2O3S. The quantitative estimate of drug-likeness (QED) is 0.772. The van der Waals surface area contributed by atoms with Gasteiger partial charge in [0, 0.05) is 5.39 Å². The summed E-state index contributed by atoms with van der Waals surface area (Å²) in [5.41, 5.74) is 0.639. The van der Waals surface area contributed by atoms with Crippen LogP contribution in [0.2, 0.25) is 0 Å². The van der Waals surface area contributed by atoms with Gasteiger partial charge in [-0.25, -0.2) is 17.8 Å². The molecule has 1 aromatic heterocycles. The van der Waals surface area contributed by atoms with E-state index in [4.69, 9.17) is 0 Å². The summed E-state index contributed by atoms with van der Waals surface area (Å²) in [6, 6.07) is 11.6. The predicted molar refractivity (Wildman–Crippen MR) is 85.4 cm³/mol. The standard InChI is InChI=1S/C16H13FN2O3S/c1-10-5-7-12(9-13(10)17)23(21,22)19-15-8-6-11-3-2-4-14(20)16(11)18-15/h2-9,20H,1H3,(H,18,19). The van der Waals surface area contributed by atoms with E-state index >= 15 is 0 Å². The fraction of sp³-hybridized carbons (Fsp3) is 0.0625. The average Bonchev–Trinajstić information content (AvgIpc) is 2.50. The smallest absolute Gasteiger partial charge is 0.263 e. The number of nitrogens with zero attached hydrogens (tertiary/aromatic N) is 1. The van der Waals surface area contributed by atoms with Gasteiger partial charge in [0.25, 0.3) is 10.0 Å². The number of phenolic OH excluding ortho intramolecular Hbond substituents is 1. The molecule has 118 valence electrons. The molecule has 7 heteroatoms. The fourth-order valence-corrected chi connectivity index (χ4v) is 3.14. The number of nitrogens with one attached hydrogen (secondary N) is 1. The number of halogens is 1. The first kappa shape index (κ1) is 15.2. The average molecular weight is 332 g/mol. The zero-order valence-corrected chi connectivity index (χ0v) is 12.9. The number of pyridine rings is 1.